The molecule has 1 unspecified atom stereocenters. The van der Waals surface area contributed by atoms with Gasteiger partial charge in [0, 0.05) is 42.0 Å². The lowest BCUT2D eigenvalue weighted by Crippen LogP contribution is -2.39. The number of anilines is 1. The van der Waals surface area contributed by atoms with Crippen molar-refractivity contribution in [1.82, 2.24) is 30.2 Å². The Morgan fingerprint density at radius 2 is 1.91 bits per heavy atom. The van der Waals surface area contributed by atoms with Crippen LogP contribution in [0.15, 0.2) is 67.1 Å². The number of carbonyl (C=O) groups is 2. The Bertz CT molecular complexity index is 1540. The van der Waals surface area contributed by atoms with Gasteiger partial charge in [-0.2, -0.15) is 0 Å². The molecule has 3 aromatic heterocycles. The summed E-state index contributed by atoms with van der Waals surface area (Å²) in [6.45, 7) is 0. The minimum absolute atomic E-state index is 0.186. The second kappa shape index (κ2) is 8.68. The van der Waals surface area contributed by atoms with Crippen molar-refractivity contribution in [3.63, 3.8) is 0 Å². The summed E-state index contributed by atoms with van der Waals surface area (Å²) in [6, 6.07) is 15.2. The number of aromatic nitrogens is 5. The van der Waals surface area contributed by atoms with Gasteiger partial charge in [0.15, 0.2) is 5.82 Å². The standard InChI is InChI=1S/C26H23N7O2/c34-23(33-26-27-9-10-28-26)13-20(15-5-6-15)32-25(35)17-7-8-19-21(12-17)31-24(30-19)22-11-16-3-1-2-4-18(16)14-29-22/h1-4,7-12,14-15,20H,5-6,13H2,(H,30,31)(H,32,35)(H2,27,28,33,34). The normalized spacial score (nSPS) is 14.2. The number of imidazole rings is 2. The topological polar surface area (TPSA) is 128 Å². The van der Waals surface area contributed by atoms with E-state index in [1.807, 2.05) is 42.6 Å². The minimum Gasteiger partial charge on any atom is -0.349 e. The first-order valence-corrected chi connectivity index (χ1v) is 11.6. The first kappa shape index (κ1) is 21.0. The first-order chi connectivity index (χ1) is 17.1. The summed E-state index contributed by atoms with van der Waals surface area (Å²) in [5, 5.41) is 7.93. The van der Waals surface area contributed by atoms with Gasteiger partial charge >= 0.3 is 0 Å². The van der Waals surface area contributed by atoms with E-state index in [2.05, 4.69) is 35.6 Å². The lowest BCUT2D eigenvalue weighted by atomic mass is 10.1. The molecular weight excluding hydrogens is 442 g/mol. The number of nitrogens with zero attached hydrogens (tertiary/aromatic N) is 3. The highest BCUT2D eigenvalue weighted by Crippen LogP contribution is 2.34. The largest absolute Gasteiger partial charge is 0.349 e. The summed E-state index contributed by atoms with van der Waals surface area (Å²) in [4.78, 5) is 44.8. The number of H-pyrrole nitrogens is 2. The van der Waals surface area contributed by atoms with E-state index in [4.69, 9.17) is 0 Å². The van der Waals surface area contributed by atoms with E-state index in [0.717, 1.165) is 40.3 Å². The molecule has 174 valence electrons. The summed E-state index contributed by atoms with van der Waals surface area (Å²) in [7, 11) is 0. The molecule has 1 atom stereocenters. The van der Waals surface area contributed by atoms with Gasteiger partial charge in [-0.1, -0.05) is 24.3 Å². The maximum absolute atomic E-state index is 13.0. The Balaban J connectivity index is 1.19. The third-order valence-corrected chi connectivity index (χ3v) is 6.29. The van der Waals surface area contributed by atoms with Crippen LogP contribution in [0, 0.1) is 5.92 Å². The smallest absolute Gasteiger partial charge is 0.251 e. The van der Waals surface area contributed by atoms with Crippen molar-refractivity contribution in [1.29, 1.82) is 0 Å². The molecule has 0 aliphatic heterocycles. The Hall–Kier alpha value is -4.53. The van der Waals surface area contributed by atoms with Crippen LogP contribution in [-0.4, -0.2) is 42.8 Å². The predicted octanol–water partition coefficient (Wildman–Crippen LogP) is 4.04. The molecule has 3 heterocycles. The molecular formula is C26H23N7O2. The van der Waals surface area contributed by atoms with E-state index >= 15 is 0 Å². The molecule has 0 spiro atoms. The van der Waals surface area contributed by atoms with E-state index in [1.165, 1.54) is 0 Å². The molecule has 0 saturated heterocycles. The number of rotatable bonds is 7. The van der Waals surface area contributed by atoms with Crippen LogP contribution < -0.4 is 10.6 Å². The zero-order valence-corrected chi connectivity index (χ0v) is 18.8. The van der Waals surface area contributed by atoms with Gasteiger partial charge in [0.1, 0.15) is 5.69 Å². The van der Waals surface area contributed by atoms with Crippen LogP contribution in [0.25, 0.3) is 33.3 Å². The van der Waals surface area contributed by atoms with Crippen LogP contribution in [0.3, 0.4) is 0 Å². The fraction of sp³-hybridized carbons (Fsp3) is 0.192. The molecule has 1 aliphatic rings. The molecule has 1 fully saturated rings. The Kier molecular flexibility index (Phi) is 5.21. The Morgan fingerprint density at radius 1 is 1.06 bits per heavy atom. The SMILES string of the molecule is O=C(CC(NC(=O)c1ccc2nc(-c3cc4ccccc4cn3)[nH]c2c1)C1CC1)Nc1ncc[nH]1. The van der Waals surface area contributed by atoms with Gasteiger partial charge < -0.3 is 15.3 Å². The van der Waals surface area contributed by atoms with Crippen molar-refractivity contribution in [3.8, 4) is 11.5 Å². The predicted molar refractivity (Wildman–Crippen MR) is 133 cm³/mol. The molecule has 0 bridgehead atoms. The highest BCUT2D eigenvalue weighted by atomic mass is 16.2. The molecule has 1 saturated carbocycles. The van der Waals surface area contributed by atoms with Gasteiger partial charge in [-0.05, 0) is 48.4 Å². The molecule has 9 nitrogen and oxygen atoms in total. The van der Waals surface area contributed by atoms with E-state index < -0.39 is 0 Å². The number of amides is 2. The molecule has 35 heavy (non-hydrogen) atoms. The number of fused-ring (bicyclic) bond motifs is 2. The quantitative estimate of drug-likeness (QED) is 0.288. The van der Waals surface area contributed by atoms with Crippen molar-refractivity contribution >= 4 is 39.6 Å². The summed E-state index contributed by atoms with van der Waals surface area (Å²) in [6.07, 6.45) is 7.24. The van der Waals surface area contributed by atoms with Gasteiger partial charge in [0.2, 0.25) is 11.9 Å². The van der Waals surface area contributed by atoms with Gasteiger partial charge in [-0.3, -0.25) is 19.9 Å². The highest BCUT2D eigenvalue weighted by Gasteiger charge is 2.34. The molecule has 4 N–H and O–H groups in total. The Labute approximate surface area is 200 Å². The van der Waals surface area contributed by atoms with Crippen molar-refractivity contribution in [2.24, 2.45) is 5.92 Å². The third kappa shape index (κ3) is 4.48. The van der Waals surface area contributed by atoms with Crippen LogP contribution in [0.5, 0.6) is 0 Å². The highest BCUT2D eigenvalue weighted by molar-refractivity contribution is 5.98. The van der Waals surface area contributed by atoms with Crippen LogP contribution in [0.2, 0.25) is 0 Å². The Morgan fingerprint density at radius 3 is 2.71 bits per heavy atom. The van der Waals surface area contributed by atoms with Gasteiger partial charge in [0.05, 0.1) is 11.0 Å². The zero-order chi connectivity index (χ0) is 23.8. The molecule has 2 aromatic carbocycles. The van der Waals surface area contributed by atoms with Crippen LogP contribution in [0.1, 0.15) is 29.6 Å². The van der Waals surface area contributed by atoms with Crippen molar-refractivity contribution < 1.29 is 9.59 Å². The molecule has 0 radical (unpaired) electrons. The van der Waals surface area contributed by atoms with Crippen molar-refractivity contribution in [2.45, 2.75) is 25.3 Å². The number of benzene rings is 2. The number of hydrogen-bond donors (Lipinski definition) is 4. The lowest BCUT2D eigenvalue weighted by molar-refractivity contribution is -0.116. The number of nitrogens with one attached hydrogen (secondary N) is 4. The van der Waals surface area contributed by atoms with Gasteiger partial charge in [0.25, 0.3) is 5.91 Å². The summed E-state index contributed by atoms with van der Waals surface area (Å²) in [5.74, 6) is 0.956. The van der Waals surface area contributed by atoms with Crippen molar-refractivity contribution in [2.75, 3.05) is 5.32 Å². The monoisotopic (exact) mass is 465 g/mol. The summed E-state index contributed by atoms with van der Waals surface area (Å²) >= 11 is 0. The van der Waals surface area contributed by atoms with Crippen LogP contribution in [-0.2, 0) is 4.79 Å². The number of hydrogen-bond acceptors (Lipinski definition) is 5. The molecule has 2 amide bonds. The first-order valence-electron chi connectivity index (χ1n) is 11.6. The lowest BCUT2D eigenvalue weighted by Gasteiger charge is -2.17. The average molecular weight is 466 g/mol. The molecule has 5 aromatic rings. The number of aromatic amines is 2. The summed E-state index contributed by atoms with van der Waals surface area (Å²) in [5.41, 5.74) is 2.75. The van der Waals surface area contributed by atoms with E-state index in [9.17, 15) is 9.59 Å². The maximum Gasteiger partial charge on any atom is 0.251 e. The molecule has 9 heteroatoms. The van der Waals surface area contributed by atoms with Gasteiger partial charge in [-0.15, -0.1) is 0 Å². The molecule has 1 aliphatic carbocycles. The van der Waals surface area contributed by atoms with E-state index in [0.29, 0.717) is 23.3 Å². The molecule has 6 rings (SSSR count). The number of pyridine rings is 1. The fourth-order valence-electron chi connectivity index (χ4n) is 4.29. The van der Waals surface area contributed by atoms with Crippen LogP contribution >= 0.6 is 0 Å². The van der Waals surface area contributed by atoms with Gasteiger partial charge in [-0.25, -0.2) is 9.97 Å². The second-order valence-corrected chi connectivity index (χ2v) is 8.84. The average Bonchev–Trinajstić information content (AvgIpc) is 3.43. The van der Waals surface area contributed by atoms with E-state index in [-0.39, 0.29) is 24.3 Å². The second-order valence-electron chi connectivity index (χ2n) is 8.84. The third-order valence-electron chi connectivity index (χ3n) is 6.29. The maximum atomic E-state index is 13.0. The summed E-state index contributed by atoms with van der Waals surface area (Å²) < 4.78 is 0. The minimum atomic E-state index is -0.229. The number of carbonyl (C=O) groups excluding carboxylic acids is 2. The zero-order valence-electron chi connectivity index (χ0n) is 18.8. The fourth-order valence-corrected chi connectivity index (χ4v) is 4.29. The van der Waals surface area contributed by atoms with E-state index in [1.54, 1.807) is 24.5 Å². The van der Waals surface area contributed by atoms with Crippen LogP contribution in [0.4, 0.5) is 5.95 Å². The van der Waals surface area contributed by atoms with Crippen molar-refractivity contribution in [3.05, 3.63) is 72.7 Å².